The molecule has 0 amide bonds. The first-order valence-electron chi connectivity index (χ1n) is 10.7. The van der Waals surface area contributed by atoms with Crippen molar-refractivity contribution in [1.29, 1.82) is 0 Å². The van der Waals surface area contributed by atoms with Crippen molar-refractivity contribution in [3.05, 3.63) is 65.0 Å². The maximum atomic E-state index is 14.0. The molecule has 8 heteroatoms. The van der Waals surface area contributed by atoms with E-state index in [0.717, 1.165) is 36.6 Å². The number of carbonyl (C=O) groups is 1. The molecule has 32 heavy (non-hydrogen) atoms. The second kappa shape index (κ2) is 9.10. The summed E-state index contributed by atoms with van der Waals surface area (Å²) in [6.45, 7) is 1.35. The van der Waals surface area contributed by atoms with Crippen LogP contribution in [0.5, 0.6) is 5.75 Å². The van der Waals surface area contributed by atoms with E-state index in [4.69, 9.17) is 4.74 Å². The lowest BCUT2D eigenvalue weighted by molar-refractivity contribution is -0.139. The Morgan fingerprint density at radius 1 is 1.16 bits per heavy atom. The summed E-state index contributed by atoms with van der Waals surface area (Å²) in [5, 5.41) is 9.19. The van der Waals surface area contributed by atoms with Gasteiger partial charge in [0.2, 0.25) is 0 Å². The van der Waals surface area contributed by atoms with Gasteiger partial charge in [-0.15, -0.1) is 0 Å². The fourth-order valence-corrected chi connectivity index (χ4v) is 4.41. The third kappa shape index (κ3) is 5.41. The average molecular weight is 451 g/mol. The minimum absolute atomic E-state index is 0.0150. The molecule has 4 rings (SSSR count). The predicted octanol–water partition coefficient (Wildman–Crippen LogP) is 5.32. The third-order valence-corrected chi connectivity index (χ3v) is 6.20. The van der Waals surface area contributed by atoms with Gasteiger partial charge in [-0.25, -0.2) is 4.39 Å². The minimum atomic E-state index is -4.59. The van der Waals surface area contributed by atoms with Crippen LogP contribution in [0.3, 0.4) is 0 Å². The van der Waals surface area contributed by atoms with Gasteiger partial charge in [-0.1, -0.05) is 18.2 Å². The molecule has 4 nitrogen and oxygen atoms in total. The highest BCUT2D eigenvalue weighted by Gasteiger charge is 2.37. The summed E-state index contributed by atoms with van der Waals surface area (Å²) in [7, 11) is 0. The molecular formula is C24H25F4NO3. The van der Waals surface area contributed by atoms with Crippen molar-refractivity contribution in [2.24, 2.45) is 11.8 Å². The van der Waals surface area contributed by atoms with Gasteiger partial charge in [-0.3, -0.25) is 9.69 Å². The monoisotopic (exact) mass is 451 g/mol. The summed E-state index contributed by atoms with van der Waals surface area (Å²) in [5.74, 6) is -0.474. The standard InChI is InChI=1S/C24H25F4NO3/c25-22-6-2-5-21(24(26,27)28)20(22)13-29-11-15(12-29)14-32-18-4-1-3-17(9-18)19(10-23(30)31)16-7-8-16/h1-6,9,15-16,19H,7-8,10-14H2,(H,30,31)/t19-/m0/s1. The number of alkyl halides is 3. The van der Waals surface area contributed by atoms with Gasteiger partial charge in [0, 0.05) is 31.1 Å². The fraction of sp³-hybridized carbons (Fsp3) is 0.458. The maximum Gasteiger partial charge on any atom is 0.416 e. The number of benzene rings is 2. The molecule has 0 bridgehead atoms. The first kappa shape index (κ1) is 22.6. The lowest BCUT2D eigenvalue weighted by atomic mass is 9.91. The normalized spacial score (nSPS) is 18.2. The van der Waals surface area contributed by atoms with Crippen LogP contribution in [0, 0.1) is 17.7 Å². The van der Waals surface area contributed by atoms with E-state index in [1.165, 1.54) is 0 Å². The Balaban J connectivity index is 1.30. The quantitative estimate of drug-likeness (QED) is 0.524. The number of rotatable bonds is 9. The zero-order valence-electron chi connectivity index (χ0n) is 17.4. The summed E-state index contributed by atoms with van der Waals surface area (Å²) >= 11 is 0. The first-order valence-corrected chi connectivity index (χ1v) is 10.7. The van der Waals surface area contributed by atoms with Gasteiger partial charge < -0.3 is 9.84 Å². The molecule has 1 heterocycles. The van der Waals surface area contributed by atoms with Crippen LogP contribution in [0.25, 0.3) is 0 Å². The molecule has 0 spiro atoms. The van der Waals surface area contributed by atoms with Crippen LogP contribution in [0.2, 0.25) is 0 Å². The van der Waals surface area contributed by atoms with Gasteiger partial charge in [0.05, 0.1) is 18.6 Å². The lowest BCUT2D eigenvalue weighted by Gasteiger charge is -2.39. The van der Waals surface area contributed by atoms with Crippen LogP contribution in [0.15, 0.2) is 42.5 Å². The molecule has 0 aromatic heterocycles. The van der Waals surface area contributed by atoms with Crippen LogP contribution in [-0.4, -0.2) is 35.7 Å². The first-order chi connectivity index (χ1) is 15.2. The van der Waals surface area contributed by atoms with Crippen molar-refractivity contribution in [3.63, 3.8) is 0 Å². The van der Waals surface area contributed by atoms with Gasteiger partial charge in [-0.05, 0) is 54.5 Å². The van der Waals surface area contributed by atoms with Crippen LogP contribution in [0.4, 0.5) is 17.6 Å². The van der Waals surface area contributed by atoms with E-state index >= 15 is 0 Å². The van der Waals surface area contributed by atoms with E-state index in [0.29, 0.717) is 31.4 Å². The molecular weight excluding hydrogens is 426 g/mol. The molecule has 1 atom stereocenters. The van der Waals surface area contributed by atoms with E-state index < -0.39 is 23.5 Å². The van der Waals surface area contributed by atoms with Gasteiger partial charge in [0.1, 0.15) is 11.6 Å². The summed E-state index contributed by atoms with van der Waals surface area (Å²) < 4.78 is 59.4. The molecule has 1 aliphatic heterocycles. The number of ether oxygens (including phenoxy) is 1. The molecule has 2 aliphatic rings. The number of hydrogen-bond donors (Lipinski definition) is 1. The molecule has 2 fully saturated rings. The van der Waals surface area contributed by atoms with E-state index in [-0.39, 0.29) is 30.4 Å². The number of likely N-dealkylation sites (tertiary alicyclic amines) is 1. The summed E-state index contributed by atoms with van der Waals surface area (Å²) in [6, 6.07) is 10.5. The van der Waals surface area contributed by atoms with Crippen molar-refractivity contribution < 1.29 is 32.2 Å². The molecule has 1 saturated heterocycles. The van der Waals surface area contributed by atoms with E-state index in [2.05, 4.69) is 0 Å². The molecule has 0 unspecified atom stereocenters. The third-order valence-electron chi connectivity index (χ3n) is 6.20. The Bertz CT molecular complexity index is 968. The van der Waals surface area contributed by atoms with Crippen LogP contribution < -0.4 is 4.74 Å². The van der Waals surface area contributed by atoms with Gasteiger partial charge in [0.25, 0.3) is 0 Å². The Kier molecular flexibility index (Phi) is 6.42. The number of carboxylic acid groups (broad SMARTS) is 1. The number of nitrogens with zero attached hydrogens (tertiary/aromatic N) is 1. The second-order valence-corrected chi connectivity index (χ2v) is 8.75. The van der Waals surface area contributed by atoms with Crippen LogP contribution in [-0.2, 0) is 17.5 Å². The molecule has 2 aromatic rings. The average Bonchev–Trinajstić information content (AvgIpc) is 3.53. The lowest BCUT2D eigenvalue weighted by Crippen LogP contribution is -2.48. The number of hydrogen-bond acceptors (Lipinski definition) is 3. The summed E-state index contributed by atoms with van der Waals surface area (Å²) in [6.07, 6.45) is -2.41. The van der Waals surface area contributed by atoms with E-state index in [1.54, 1.807) is 4.90 Å². The largest absolute Gasteiger partial charge is 0.493 e. The second-order valence-electron chi connectivity index (χ2n) is 8.75. The Labute approximate surface area is 183 Å². The van der Waals surface area contributed by atoms with Gasteiger partial charge in [-0.2, -0.15) is 13.2 Å². The molecule has 172 valence electrons. The molecule has 1 N–H and O–H groups in total. The SMILES string of the molecule is O=C(O)C[C@H](c1cccc(OCC2CN(Cc3c(F)cccc3C(F)(F)F)C2)c1)C1CC1. The topological polar surface area (TPSA) is 49.8 Å². The smallest absolute Gasteiger partial charge is 0.416 e. The van der Waals surface area contributed by atoms with Crippen molar-refractivity contribution in [3.8, 4) is 5.75 Å². The predicted molar refractivity (Wildman–Crippen MR) is 110 cm³/mol. The van der Waals surface area contributed by atoms with Crippen LogP contribution in [0.1, 0.15) is 41.9 Å². The highest BCUT2D eigenvalue weighted by atomic mass is 19.4. The van der Waals surface area contributed by atoms with Crippen molar-refractivity contribution >= 4 is 5.97 Å². The highest BCUT2D eigenvalue weighted by molar-refractivity contribution is 5.68. The minimum Gasteiger partial charge on any atom is -0.493 e. The zero-order valence-corrected chi connectivity index (χ0v) is 17.4. The van der Waals surface area contributed by atoms with Crippen LogP contribution >= 0.6 is 0 Å². The molecule has 1 aliphatic carbocycles. The molecule has 2 aromatic carbocycles. The Morgan fingerprint density at radius 2 is 1.88 bits per heavy atom. The number of halogens is 4. The number of carboxylic acids is 1. The summed E-state index contributed by atoms with van der Waals surface area (Å²) in [5.41, 5.74) is -0.293. The number of aliphatic carboxylic acids is 1. The Hall–Kier alpha value is -2.61. The highest BCUT2D eigenvalue weighted by Crippen LogP contribution is 2.45. The van der Waals surface area contributed by atoms with Gasteiger partial charge >= 0.3 is 12.1 Å². The van der Waals surface area contributed by atoms with Crippen molar-refractivity contribution in [1.82, 2.24) is 4.90 Å². The maximum absolute atomic E-state index is 14.0. The fourth-order valence-electron chi connectivity index (χ4n) is 4.41. The zero-order chi connectivity index (χ0) is 22.9. The van der Waals surface area contributed by atoms with Gasteiger partial charge in [0.15, 0.2) is 0 Å². The summed E-state index contributed by atoms with van der Waals surface area (Å²) in [4.78, 5) is 13.0. The molecule has 1 saturated carbocycles. The van der Waals surface area contributed by atoms with Crippen molar-refractivity contribution in [2.75, 3.05) is 19.7 Å². The van der Waals surface area contributed by atoms with Crippen molar-refractivity contribution in [2.45, 2.75) is 37.9 Å². The molecule has 0 radical (unpaired) electrons. The van der Waals surface area contributed by atoms with E-state index in [1.807, 2.05) is 24.3 Å². The van der Waals surface area contributed by atoms with E-state index in [9.17, 15) is 27.5 Å². The Morgan fingerprint density at radius 3 is 2.53 bits per heavy atom.